The van der Waals surface area contributed by atoms with Crippen LogP contribution in [-0.2, 0) is 9.59 Å². The van der Waals surface area contributed by atoms with Gasteiger partial charge in [0.2, 0.25) is 5.91 Å². The molecule has 1 amide bonds. The zero-order valence-corrected chi connectivity index (χ0v) is 11.2. The molecule has 2 N–H and O–H groups in total. The lowest BCUT2D eigenvalue weighted by Gasteiger charge is -2.22. The predicted octanol–water partition coefficient (Wildman–Crippen LogP) is 1.75. The topological polar surface area (TPSA) is 66.4 Å². The molecule has 5 heteroatoms. The van der Waals surface area contributed by atoms with Crippen molar-refractivity contribution >= 4 is 23.6 Å². The van der Waals surface area contributed by atoms with Gasteiger partial charge in [0.1, 0.15) is 0 Å². The highest BCUT2D eigenvalue weighted by molar-refractivity contribution is 7.99. The van der Waals surface area contributed by atoms with Crippen molar-refractivity contribution in [1.82, 2.24) is 5.32 Å². The van der Waals surface area contributed by atoms with Crippen molar-refractivity contribution in [1.29, 1.82) is 0 Å². The summed E-state index contributed by atoms with van der Waals surface area (Å²) >= 11 is 1.69. The van der Waals surface area contributed by atoms with E-state index in [9.17, 15) is 9.59 Å². The van der Waals surface area contributed by atoms with Gasteiger partial charge in [0.25, 0.3) is 0 Å². The van der Waals surface area contributed by atoms with Crippen LogP contribution in [0.25, 0.3) is 0 Å². The monoisotopic (exact) mass is 247 g/mol. The number of carbonyl (C=O) groups is 2. The average molecular weight is 247 g/mol. The van der Waals surface area contributed by atoms with Crippen LogP contribution in [0.4, 0.5) is 0 Å². The third kappa shape index (κ3) is 7.56. The highest BCUT2D eigenvalue weighted by atomic mass is 32.2. The lowest BCUT2D eigenvalue weighted by molar-refractivity contribution is -0.138. The minimum atomic E-state index is -0.857. The first-order valence-electron chi connectivity index (χ1n) is 5.30. The van der Waals surface area contributed by atoms with Gasteiger partial charge in [0.05, 0.1) is 0 Å². The minimum Gasteiger partial charge on any atom is -0.481 e. The van der Waals surface area contributed by atoms with Crippen LogP contribution in [0.5, 0.6) is 0 Å². The van der Waals surface area contributed by atoms with Gasteiger partial charge in [-0.25, -0.2) is 0 Å². The van der Waals surface area contributed by atoms with E-state index in [1.165, 1.54) is 0 Å². The van der Waals surface area contributed by atoms with Gasteiger partial charge in [-0.1, -0.05) is 6.92 Å². The molecule has 0 radical (unpaired) electrons. The van der Waals surface area contributed by atoms with E-state index >= 15 is 0 Å². The lowest BCUT2D eigenvalue weighted by atomic mass is 10.0. The second-order valence-corrected chi connectivity index (χ2v) is 6.16. The largest absolute Gasteiger partial charge is 0.481 e. The summed E-state index contributed by atoms with van der Waals surface area (Å²) in [6.07, 6.45) is 2.31. The molecule has 1 atom stereocenters. The molecule has 4 nitrogen and oxygen atoms in total. The number of thioether (sulfide) groups is 1. The van der Waals surface area contributed by atoms with Gasteiger partial charge in [0.15, 0.2) is 0 Å². The molecule has 0 saturated carbocycles. The highest BCUT2D eigenvalue weighted by Crippen LogP contribution is 2.19. The Morgan fingerprint density at radius 2 is 1.94 bits per heavy atom. The van der Waals surface area contributed by atoms with Crippen molar-refractivity contribution in [2.24, 2.45) is 5.92 Å². The second-order valence-electron chi connectivity index (χ2n) is 4.65. The number of rotatable bonds is 7. The summed E-state index contributed by atoms with van der Waals surface area (Å²) in [4.78, 5) is 21.9. The summed E-state index contributed by atoms with van der Waals surface area (Å²) in [7, 11) is 0. The number of nitrogens with one attached hydrogen (secondary N) is 1. The van der Waals surface area contributed by atoms with E-state index < -0.39 is 5.97 Å². The molecule has 0 fully saturated rings. The zero-order valence-electron chi connectivity index (χ0n) is 10.4. The fraction of sp³-hybridized carbons (Fsp3) is 0.818. The number of hydrogen-bond acceptors (Lipinski definition) is 3. The molecular weight excluding hydrogens is 226 g/mol. The normalized spacial score (nSPS) is 13.2. The van der Waals surface area contributed by atoms with Gasteiger partial charge in [-0.15, -0.1) is 0 Å². The van der Waals surface area contributed by atoms with E-state index in [0.29, 0.717) is 6.54 Å². The summed E-state index contributed by atoms with van der Waals surface area (Å²) in [5.41, 5.74) is 0. The molecule has 0 aromatic heterocycles. The van der Waals surface area contributed by atoms with Crippen molar-refractivity contribution in [3.8, 4) is 0 Å². The maximum Gasteiger partial charge on any atom is 0.303 e. The maximum absolute atomic E-state index is 11.5. The number of carboxylic acid groups (broad SMARTS) is 1. The number of carbonyl (C=O) groups excluding carboxylic acids is 1. The first-order chi connectivity index (χ1) is 7.26. The summed E-state index contributed by atoms with van der Waals surface area (Å²) in [6, 6.07) is 0. The van der Waals surface area contributed by atoms with Gasteiger partial charge in [-0.3, -0.25) is 9.59 Å². The molecule has 0 saturated heterocycles. The molecule has 94 valence electrons. The van der Waals surface area contributed by atoms with Crippen molar-refractivity contribution < 1.29 is 14.7 Å². The van der Waals surface area contributed by atoms with E-state index in [2.05, 4.69) is 19.2 Å². The Labute approximate surface area is 101 Å². The molecule has 0 bridgehead atoms. The van der Waals surface area contributed by atoms with E-state index in [1.54, 1.807) is 18.7 Å². The molecular formula is C11H21NO3S. The predicted molar refractivity (Wildman–Crippen MR) is 66.6 cm³/mol. The van der Waals surface area contributed by atoms with Crippen LogP contribution >= 0.6 is 11.8 Å². The quantitative estimate of drug-likeness (QED) is 0.719. The molecule has 16 heavy (non-hydrogen) atoms. The van der Waals surface area contributed by atoms with E-state index in [0.717, 1.165) is 0 Å². The Bertz CT molecular complexity index is 254. The Balaban J connectivity index is 3.87. The number of amides is 1. The van der Waals surface area contributed by atoms with Crippen molar-refractivity contribution in [3.05, 3.63) is 0 Å². The Kier molecular flexibility index (Phi) is 6.48. The fourth-order valence-electron chi connectivity index (χ4n) is 1.14. The first-order valence-corrected chi connectivity index (χ1v) is 6.53. The zero-order chi connectivity index (χ0) is 12.8. The van der Waals surface area contributed by atoms with Crippen LogP contribution in [-0.4, -0.2) is 34.5 Å². The Morgan fingerprint density at radius 3 is 2.38 bits per heavy atom. The van der Waals surface area contributed by atoms with Crippen molar-refractivity contribution in [2.45, 2.75) is 38.4 Å². The molecule has 0 spiro atoms. The maximum atomic E-state index is 11.5. The SMILES string of the molecule is CSC(C)(C)CNC(=O)CC(C)CC(=O)O. The third-order valence-corrected chi connectivity index (χ3v) is 3.57. The molecule has 0 rings (SSSR count). The lowest BCUT2D eigenvalue weighted by Crippen LogP contribution is -2.36. The molecule has 0 aromatic rings. The van der Waals surface area contributed by atoms with Crippen LogP contribution in [0.2, 0.25) is 0 Å². The molecule has 0 aliphatic heterocycles. The Hall–Kier alpha value is -0.710. The van der Waals surface area contributed by atoms with Gasteiger partial charge in [-0.05, 0) is 26.0 Å². The minimum absolute atomic E-state index is 0.0195. The van der Waals surface area contributed by atoms with Crippen molar-refractivity contribution in [3.63, 3.8) is 0 Å². The van der Waals surface area contributed by atoms with Crippen LogP contribution in [0.15, 0.2) is 0 Å². The smallest absolute Gasteiger partial charge is 0.303 e. The summed E-state index contributed by atoms with van der Waals surface area (Å²) in [5, 5.41) is 11.4. The van der Waals surface area contributed by atoms with E-state index in [-0.39, 0.29) is 29.4 Å². The van der Waals surface area contributed by atoms with Gasteiger partial charge in [-0.2, -0.15) is 11.8 Å². The summed E-state index contributed by atoms with van der Waals surface area (Å²) in [5.74, 6) is -1.05. The summed E-state index contributed by atoms with van der Waals surface area (Å²) < 4.78 is 0.0195. The van der Waals surface area contributed by atoms with Gasteiger partial charge >= 0.3 is 5.97 Å². The Morgan fingerprint density at radius 1 is 1.38 bits per heavy atom. The van der Waals surface area contributed by atoms with Crippen LogP contribution < -0.4 is 5.32 Å². The molecule has 0 aliphatic rings. The van der Waals surface area contributed by atoms with E-state index in [4.69, 9.17) is 5.11 Å². The van der Waals surface area contributed by atoms with Gasteiger partial charge < -0.3 is 10.4 Å². The standard InChI is InChI=1S/C11H21NO3S/c1-8(6-10(14)15)5-9(13)12-7-11(2,3)16-4/h8H,5-7H2,1-4H3,(H,12,13)(H,14,15). The van der Waals surface area contributed by atoms with Gasteiger partial charge in [0, 0.05) is 24.1 Å². The van der Waals surface area contributed by atoms with Crippen LogP contribution in [0, 0.1) is 5.92 Å². The van der Waals surface area contributed by atoms with Crippen molar-refractivity contribution in [2.75, 3.05) is 12.8 Å². The van der Waals surface area contributed by atoms with Crippen LogP contribution in [0.1, 0.15) is 33.6 Å². The molecule has 0 heterocycles. The molecule has 0 aromatic carbocycles. The average Bonchev–Trinajstić information content (AvgIpc) is 2.13. The number of hydrogen-bond donors (Lipinski definition) is 2. The fourth-order valence-corrected chi connectivity index (χ4v) is 1.36. The summed E-state index contributed by atoms with van der Waals surface area (Å²) in [6.45, 7) is 6.48. The highest BCUT2D eigenvalue weighted by Gasteiger charge is 2.18. The molecule has 1 unspecified atom stereocenters. The molecule has 0 aliphatic carbocycles. The first kappa shape index (κ1) is 15.3. The third-order valence-electron chi connectivity index (χ3n) is 2.32. The number of carboxylic acids is 1. The number of aliphatic carboxylic acids is 1. The van der Waals surface area contributed by atoms with E-state index in [1.807, 2.05) is 6.26 Å². The van der Waals surface area contributed by atoms with Crippen LogP contribution in [0.3, 0.4) is 0 Å². The second kappa shape index (κ2) is 6.78.